The van der Waals surface area contributed by atoms with Crippen LogP contribution in [0.2, 0.25) is 0 Å². The van der Waals surface area contributed by atoms with Gasteiger partial charge in [-0.1, -0.05) is 0 Å². The minimum Gasteiger partial charge on any atom is -0.468 e. The van der Waals surface area contributed by atoms with E-state index in [9.17, 15) is 14.4 Å². The van der Waals surface area contributed by atoms with E-state index in [2.05, 4.69) is 4.74 Å². The average molecular weight is 291 g/mol. The van der Waals surface area contributed by atoms with Gasteiger partial charge in [0.2, 0.25) is 6.79 Å². The van der Waals surface area contributed by atoms with Crippen molar-refractivity contribution < 1.29 is 28.6 Å². The molecule has 0 radical (unpaired) electrons. The fraction of sp³-hybridized carbons (Fsp3) is 0.357. The van der Waals surface area contributed by atoms with Crippen LogP contribution in [-0.4, -0.2) is 49.6 Å². The number of hydrogen-bond donors (Lipinski definition) is 0. The predicted molar refractivity (Wildman–Crippen MR) is 69.0 cm³/mol. The van der Waals surface area contributed by atoms with Crippen molar-refractivity contribution in [1.82, 2.24) is 4.90 Å². The van der Waals surface area contributed by atoms with Crippen LogP contribution in [0.4, 0.5) is 0 Å². The minimum absolute atomic E-state index is 0.0405. The molecule has 1 saturated heterocycles. The van der Waals surface area contributed by atoms with Crippen molar-refractivity contribution in [3.05, 3.63) is 23.8 Å². The van der Waals surface area contributed by atoms with Crippen LogP contribution in [0, 0.1) is 5.92 Å². The summed E-state index contributed by atoms with van der Waals surface area (Å²) in [5.74, 6) is -1.06. The molecule has 0 bridgehead atoms. The zero-order chi connectivity index (χ0) is 15.0. The van der Waals surface area contributed by atoms with Crippen LogP contribution in [0.3, 0.4) is 0 Å². The van der Waals surface area contributed by atoms with Gasteiger partial charge in [0.1, 0.15) is 5.92 Å². The largest absolute Gasteiger partial charge is 0.468 e. The van der Waals surface area contributed by atoms with Gasteiger partial charge in [-0.15, -0.1) is 0 Å². The maximum absolute atomic E-state index is 12.4. The van der Waals surface area contributed by atoms with Crippen molar-refractivity contribution in [2.24, 2.45) is 5.92 Å². The third kappa shape index (κ3) is 2.31. The summed E-state index contributed by atoms with van der Waals surface area (Å²) in [4.78, 5) is 36.9. The van der Waals surface area contributed by atoms with Crippen molar-refractivity contribution in [3.8, 4) is 11.5 Å². The summed E-state index contributed by atoms with van der Waals surface area (Å²) in [6.07, 6.45) is 0. The highest BCUT2D eigenvalue weighted by molar-refractivity contribution is 6.06. The van der Waals surface area contributed by atoms with Crippen molar-refractivity contribution in [2.75, 3.05) is 27.0 Å². The van der Waals surface area contributed by atoms with Crippen LogP contribution in [0.5, 0.6) is 11.5 Å². The summed E-state index contributed by atoms with van der Waals surface area (Å²) in [7, 11) is 1.22. The molecular formula is C14H13NO6. The number of esters is 1. The summed E-state index contributed by atoms with van der Waals surface area (Å²) in [5, 5.41) is 0. The van der Waals surface area contributed by atoms with Crippen molar-refractivity contribution in [2.45, 2.75) is 0 Å². The average Bonchev–Trinajstić information content (AvgIpc) is 3.11. The molecule has 110 valence electrons. The van der Waals surface area contributed by atoms with E-state index < -0.39 is 11.9 Å². The number of ether oxygens (including phenoxy) is 3. The summed E-state index contributed by atoms with van der Waals surface area (Å²) < 4.78 is 15.0. The lowest BCUT2D eigenvalue weighted by molar-refractivity contribution is -0.147. The topological polar surface area (TPSA) is 82.1 Å². The molecule has 3 rings (SSSR count). The molecule has 0 saturated carbocycles. The highest BCUT2D eigenvalue weighted by atomic mass is 16.7. The van der Waals surface area contributed by atoms with Gasteiger partial charge in [0.25, 0.3) is 5.91 Å². The number of Topliss-reactive ketones (excluding diaryl/α,β-unsaturated/α-hetero) is 1. The molecule has 1 fully saturated rings. The van der Waals surface area contributed by atoms with Crippen LogP contribution < -0.4 is 9.47 Å². The molecule has 0 aliphatic carbocycles. The number of likely N-dealkylation sites (tertiary alicyclic amines) is 1. The zero-order valence-corrected chi connectivity index (χ0v) is 11.3. The van der Waals surface area contributed by atoms with Crippen molar-refractivity contribution >= 4 is 17.7 Å². The Bertz CT molecular complexity index is 626. The van der Waals surface area contributed by atoms with E-state index in [1.165, 1.54) is 12.0 Å². The highest BCUT2D eigenvalue weighted by Crippen LogP contribution is 2.33. The molecule has 1 amide bonds. The predicted octanol–water partition coefficient (Wildman–Crippen LogP) is 0.229. The Morgan fingerprint density at radius 1 is 1.29 bits per heavy atom. The SMILES string of the molecule is COC(=O)C1CN(C(=O)c2ccc3c(c2)OCO3)CC1=O. The number of carbonyl (C=O) groups excluding carboxylic acids is 3. The van der Waals surface area contributed by atoms with Crippen LogP contribution in [0.25, 0.3) is 0 Å². The van der Waals surface area contributed by atoms with E-state index in [4.69, 9.17) is 9.47 Å². The molecule has 21 heavy (non-hydrogen) atoms. The van der Waals surface area contributed by atoms with Gasteiger partial charge >= 0.3 is 5.97 Å². The number of amides is 1. The molecule has 7 nitrogen and oxygen atoms in total. The second-order valence-corrected chi connectivity index (χ2v) is 4.80. The standard InChI is InChI=1S/C14H13NO6/c1-19-14(18)9-5-15(6-10(9)16)13(17)8-2-3-11-12(4-8)21-7-20-11/h2-4,9H,5-7H2,1H3. The van der Waals surface area contributed by atoms with Gasteiger partial charge in [0.05, 0.1) is 13.7 Å². The number of hydrogen-bond acceptors (Lipinski definition) is 6. The number of fused-ring (bicyclic) bond motifs is 1. The second-order valence-electron chi connectivity index (χ2n) is 4.80. The molecule has 7 heteroatoms. The van der Waals surface area contributed by atoms with Crippen LogP contribution in [-0.2, 0) is 14.3 Å². The molecule has 2 heterocycles. The zero-order valence-electron chi connectivity index (χ0n) is 11.3. The highest BCUT2D eigenvalue weighted by Gasteiger charge is 2.39. The molecule has 0 N–H and O–H groups in total. The molecule has 0 spiro atoms. The van der Waals surface area contributed by atoms with E-state index in [1.807, 2.05) is 0 Å². The molecule has 1 atom stereocenters. The molecule has 1 aromatic rings. The smallest absolute Gasteiger partial charge is 0.318 e. The number of ketones is 1. The first-order valence-corrected chi connectivity index (χ1v) is 6.39. The lowest BCUT2D eigenvalue weighted by Crippen LogP contribution is -2.30. The van der Waals surface area contributed by atoms with Gasteiger partial charge in [-0.3, -0.25) is 14.4 Å². The summed E-state index contributed by atoms with van der Waals surface area (Å²) >= 11 is 0. The summed E-state index contributed by atoms with van der Waals surface area (Å²) in [6.45, 7) is 0.0748. The number of nitrogens with zero attached hydrogens (tertiary/aromatic N) is 1. The molecule has 1 aromatic carbocycles. The van der Waals surface area contributed by atoms with E-state index in [0.717, 1.165) is 0 Å². The normalized spacial score (nSPS) is 19.8. The second kappa shape index (κ2) is 5.08. The Morgan fingerprint density at radius 3 is 2.81 bits per heavy atom. The van der Waals surface area contributed by atoms with E-state index in [-0.39, 0.29) is 31.6 Å². The van der Waals surface area contributed by atoms with Crippen LogP contribution in [0.15, 0.2) is 18.2 Å². The van der Waals surface area contributed by atoms with Crippen LogP contribution in [0.1, 0.15) is 10.4 Å². The quantitative estimate of drug-likeness (QED) is 0.573. The first-order valence-electron chi connectivity index (χ1n) is 6.39. The number of rotatable bonds is 2. The maximum atomic E-state index is 12.4. The molecule has 0 aromatic heterocycles. The number of methoxy groups -OCH3 is 1. The summed E-state index contributed by atoms with van der Waals surface area (Å²) in [5.41, 5.74) is 0.387. The third-order valence-electron chi connectivity index (χ3n) is 3.53. The fourth-order valence-corrected chi connectivity index (χ4v) is 2.40. The Labute approximate surface area is 120 Å². The van der Waals surface area contributed by atoms with Gasteiger partial charge in [-0.05, 0) is 18.2 Å². The van der Waals surface area contributed by atoms with Gasteiger partial charge < -0.3 is 19.1 Å². The maximum Gasteiger partial charge on any atom is 0.318 e. The number of benzene rings is 1. The van der Waals surface area contributed by atoms with Gasteiger partial charge in [0, 0.05) is 12.1 Å². The Balaban J connectivity index is 1.77. The van der Waals surface area contributed by atoms with Gasteiger partial charge in [0.15, 0.2) is 17.3 Å². The minimum atomic E-state index is -0.895. The third-order valence-corrected chi connectivity index (χ3v) is 3.53. The Hall–Kier alpha value is -2.57. The lowest BCUT2D eigenvalue weighted by atomic mass is 10.1. The van der Waals surface area contributed by atoms with Crippen molar-refractivity contribution in [1.29, 1.82) is 0 Å². The van der Waals surface area contributed by atoms with E-state index >= 15 is 0 Å². The Morgan fingerprint density at radius 2 is 2.05 bits per heavy atom. The first kappa shape index (κ1) is 13.4. The van der Waals surface area contributed by atoms with Gasteiger partial charge in [-0.2, -0.15) is 0 Å². The van der Waals surface area contributed by atoms with E-state index in [1.54, 1.807) is 18.2 Å². The lowest BCUT2D eigenvalue weighted by Gasteiger charge is -2.15. The van der Waals surface area contributed by atoms with Crippen molar-refractivity contribution in [3.63, 3.8) is 0 Å². The monoisotopic (exact) mass is 291 g/mol. The van der Waals surface area contributed by atoms with Crippen LogP contribution >= 0.6 is 0 Å². The Kier molecular flexibility index (Phi) is 3.25. The molecule has 2 aliphatic heterocycles. The fourth-order valence-electron chi connectivity index (χ4n) is 2.40. The van der Waals surface area contributed by atoms with Gasteiger partial charge in [-0.25, -0.2) is 0 Å². The number of carbonyl (C=O) groups is 3. The first-order chi connectivity index (χ1) is 10.1. The molecular weight excluding hydrogens is 278 g/mol. The molecule has 1 unspecified atom stereocenters. The summed E-state index contributed by atoms with van der Waals surface area (Å²) in [6, 6.07) is 4.82. The molecule has 2 aliphatic rings. The van der Waals surface area contributed by atoms with E-state index in [0.29, 0.717) is 17.1 Å².